The number of ether oxygens (including phenoxy) is 1. The molecule has 0 spiro atoms. The average molecular weight is 301 g/mol. The number of rotatable bonds is 6. The Hall–Kier alpha value is -1.68. The van der Waals surface area contributed by atoms with Crippen molar-refractivity contribution in [1.29, 1.82) is 0 Å². The number of aryl methyl sites for hydroxylation is 2. The van der Waals surface area contributed by atoms with Crippen molar-refractivity contribution in [3.05, 3.63) is 52.0 Å². The minimum absolute atomic E-state index is 0.281. The summed E-state index contributed by atoms with van der Waals surface area (Å²) in [6, 6.07) is 10.3. The number of hydrogen-bond donors (Lipinski definition) is 0. The molecule has 2 atom stereocenters. The maximum Gasteiger partial charge on any atom is 0.357 e. The first-order valence-electron chi connectivity index (χ1n) is 7.38. The molecule has 1 fully saturated rings. The molecule has 0 bridgehead atoms. The third-order valence-electron chi connectivity index (χ3n) is 3.94. The summed E-state index contributed by atoms with van der Waals surface area (Å²) >= 11 is 1.54. The zero-order valence-corrected chi connectivity index (χ0v) is 12.9. The van der Waals surface area contributed by atoms with Gasteiger partial charge in [0.05, 0.1) is 11.6 Å². The lowest BCUT2D eigenvalue weighted by atomic mass is 10.1. The fraction of sp³-hybridized carbons (Fsp3) is 0.412. The van der Waals surface area contributed by atoms with E-state index in [0.717, 1.165) is 17.8 Å². The predicted molar refractivity (Wildman–Crippen MR) is 83.5 cm³/mol. The van der Waals surface area contributed by atoms with Crippen LogP contribution in [0.3, 0.4) is 0 Å². The van der Waals surface area contributed by atoms with Crippen LogP contribution in [0.4, 0.5) is 0 Å². The molecule has 2 unspecified atom stereocenters. The Kier molecular flexibility index (Phi) is 4.34. The minimum atomic E-state index is -0.281. The molecule has 1 aliphatic rings. The van der Waals surface area contributed by atoms with Crippen LogP contribution in [0, 0.1) is 11.8 Å². The van der Waals surface area contributed by atoms with Crippen molar-refractivity contribution in [2.75, 3.05) is 6.61 Å². The van der Waals surface area contributed by atoms with E-state index in [2.05, 4.69) is 24.0 Å². The molecule has 0 amide bonds. The fourth-order valence-corrected chi connectivity index (χ4v) is 3.07. The van der Waals surface area contributed by atoms with Crippen LogP contribution in [0.25, 0.3) is 0 Å². The monoisotopic (exact) mass is 301 g/mol. The van der Waals surface area contributed by atoms with Gasteiger partial charge in [-0.3, -0.25) is 0 Å². The van der Waals surface area contributed by atoms with Crippen molar-refractivity contribution in [3.63, 3.8) is 0 Å². The van der Waals surface area contributed by atoms with E-state index < -0.39 is 0 Å². The number of hydrogen-bond acceptors (Lipinski definition) is 4. The van der Waals surface area contributed by atoms with Gasteiger partial charge in [0.15, 0.2) is 5.69 Å². The lowest BCUT2D eigenvalue weighted by Crippen LogP contribution is -2.08. The average Bonchev–Trinajstić information content (AvgIpc) is 3.02. The Bertz CT molecular complexity index is 608. The third kappa shape index (κ3) is 3.91. The molecule has 1 saturated carbocycles. The standard InChI is InChI=1S/C17H19NO2S/c1-12-9-14(12)10-20-17(19)15-11-21-16(18-15)8-7-13-5-3-2-4-6-13/h2-6,11-12,14H,7-10H2,1H3. The van der Waals surface area contributed by atoms with Crippen molar-refractivity contribution in [1.82, 2.24) is 4.98 Å². The molecule has 0 saturated heterocycles. The summed E-state index contributed by atoms with van der Waals surface area (Å²) in [4.78, 5) is 16.3. The zero-order chi connectivity index (χ0) is 14.7. The predicted octanol–water partition coefficient (Wildman–Crippen LogP) is 3.74. The van der Waals surface area contributed by atoms with Crippen LogP contribution < -0.4 is 0 Å². The van der Waals surface area contributed by atoms with Gasteiger partial charge in [-0.2, -0.15) is 0 Å². The van der Waals surface area contributed by atoms with Crippen molar-refractivity contribution in [2.24, 2.45) is 11.8 Å². The SMILES string of the molecule is CC1CC1COC(=O)c1csc(CCc2ccccc2)n1. The van der Waals surface area contributed by atoms with Gasteiger partial charge in [0.2, 0.25) is 0 Å². The first-order valence-corrected chi connectivity index (χ1v) is 8.26. The molecular formula is C17H19NO2S. The van der Waals surface area contributed by atoms with Gasteiger partial charge in [-0.25, -0.2) is 9.78 Å². The molecule has 21 heavy (non-hydrogen) atoms. The van der Waals surface area contributed by atoms with Crippen LogP contribution in [0.2, 0.25) is 0 Å². The van der Waals surface area contributed by atoms with Gasteiger partial charge in [0.1, 0.15) is 0 Å². The van der Waals surface area contributed by atoms with Crippen LogP contribution in [-0.2, 0) is 17.6 Å². The summed E-state index contributed by atoms with van der Waals surface area (Å²) in [5, 5.41) is 2.80. The highest BCUT2D eigenvalue weighted by Gasteiger charge is 2.33. The number of carbonyl (C=O) groups excluding carboxylic acids is 1. The van der Waals surface area contributed by atoms with Crippen LogP contribution in [0.1, 0.15) is 34.4 Å². The molecule has 2 aromatic rings. The van der Waals surface area contributed by atoms with Crippen molar-refractivity contribution in [3.8, 4) is 0 Å². The molecule has 1 heterocycles. The maximum atomic E-state index is 11.9. The summed E-state index contributed by atoms with van der Waals surface area (Å²) in [5.41, 5.74) is 1.75. The van der Waals surface area contributed by atoms with E-state index >= 15 is 0 Å². The summed E-state index contributed by atoms with van der Waals surface area (Å²) < 4.78 is 5.30. The van der Waals surface area contributed by atoms with Gasteiger partial charge in [-0.05, 0) is 30.2 Å². The van der Waals surface area contributed by atoms with E-state index in [1.165, 1.54) is 23.3 Å². The smallest absolute Gasteiger partial charge is 0.357 e. The van der Waals surface area contributed by atoms with E-state index in [0.29, 0.717) is 24.1 Å². The highest BCUT2D eigenvalue weighted by atomic mass is 32.1. The molecule has 1 aromatic heterocycles. The quantitative estimate of drug-likeness (QED) is 0.763. The number of esters is 1. The second kappa shape index (κ2) is 6.39. The molecular weight excluding hydrogens is 282 g/mol. The van der Waals surface area contributed by atoms with Crippen LogP contribution in [0.5, 0.6) is 0 Å². The van der Waals surface area contributed by atoms with Crippen molar-refractivity contribution < 1.29 is 9.53 Å². The van der Waals surface area contributed by atoms with E-state index in [4.69, 9.17) is 4.74 Å². The first-order chi connectivity index (χ1) is 10.2. The molecule has 0 aliphatic heterocycles. The maximum absolute atomic E-state index is 11.9. The summed E-state index contributed by atoms with van der Waals surface area (Å²) in [6.45, 7) is 2.72. The molecule has 1 aromatic carbocycles. The molecule has 1 aliphatic carbocycles. The van der Waals surface area contributed by atoms with Gasteiger partial charge in [0.25, 0.3) is 0 Å². The van der Waals surface area contributed by atoms with Gasteiger partial charge in [0, 0.05) is 11.8 Å². The minimum Gasteiger partial charge on any atom is -0.461 e. The van der Waals surface area contributed by atoms with Gasteiger partial charge in [-0.1, -0.05) is 37.3 Å². The normalized spacial score (nSPS) is 20.2. The van der Waals surface area contributed by atoms with E-state index in [1.807, 2.05) is 18.2 Å². The van der Waals surface area contributed by atoms with Crippen LogP contribution in [-0.4, -0.2) is 17.6 Å². The Labute approximate surface area is 129 Å². The van der Waals surface area contributed by atoms with Crippen molar-refractivity contribution in [2.45, 2.75) is 26.2 Å². The largest absolute Gasteiger partial charge is 0.461 e. The number of aromatic nitrogens is 1. The van der Waals surface area contributed by atoms with Crippen LogP contribution >= 0.6 is 11.3 Å². The second-order valence-corrected chi connectivity index (χ2v) is 6.63. The molecule has 3 nitrogen and oxygen atoms in total. The van der Waals surface area contributed by atoms with Crippen molar-refractivity contribution >= 4 is 17.3 Å². The third-order valence-corrected chi connectivity index (χ3v) is 4.84. The fourth-order valence-electron chi connectivity index (χ4n) is 2.30. The van der Waals surface area contributed by atoms with Crippen LogP contribution in [0.15, 0.2) is 35.7 Å². The Morgan fingerprint density at radius 1 is 1.33 bits per heavy atom. The summed E-state index contributed by atoms with van der Waals surface area (Å²) in [7, 11) is 0. The lowest BCUT2D eigenvalue weighted by molar-refractivity contribution is 0.0475. The molecule has 4 heteroatoms. The molecule has 0 radical (unpaired) electrons. The van der Waals surface area contributed by atoms with Gasteiger partial charge in [-0.15, -0.1) is 11.3 Å². The van der Waals surface area contributed by atoms with E-state index in [9.17, 15) is 4.79 Å². The highest BCUT2D eigenvalue weighted by Crippen LogP contribution is 2.37. The second-order valence-electron chi connectivity index (χ2n) is 5.68. The Balaban J connectivity index is 1.49. The lowest BCUT2D eigenvalue weighted by Gasteiger charge is -2.01. The summed E-state index contributed by atoms with van der Waals surface area (Å²) in [5.74, 6) is 0.983. The number of thiazole rings is 1. The number of nitrogens with zero attached hydrogens (tertiary/aromatic N) is 1. The number of benzene rings is 1. The number of carbonyl (C=O) groups is 1. The topological polar surface area (TPSA) is 39.2 Å². The first kappa shape index (κ1) is 14.3. The molecule has 0 N–H and O–H groups in total. The molecule has 3 rings (SSSR count). The Morgan fingerprint density at radius 3 is 2.81 bits per heavy atom. The highest BCUT2D eigenvalue weighted by molar-refractivity contribution is 7.09. The summed E-state index contributed by atoms with van der Waals surface area (Å²) in [6.07, 6.45) is 2.98. The van der Waals surface area contributed by atoms with Gasteiger partial charge >= 0.3 is 5.97 Å². The Morgan fingerprint density at radius 2 is 2.10 bits per heavy atom. The van der Waals surface area contributed by atoms with Gasteiger partial charge < -0.3 is 4.74 Å². The zero-order valence-electron chi connectivity index (χ0n) is 12.1. The van der Waals surface area contributed by atoms with E-state index in [1.54, 1.807) is 5.38 Å². The molecule has 110 valence electrons. The van der Waals surface area contributed by atoms with E-state index in [-0.39, 0.29) is 5.97 Å².